The van der Waals surface area contributed by atoms with Gasteiger partial charge in [0.05, 0.1) is 31.1 Å². The molecule has 2 aliphatic rings. The predicted molar refractivity (Wildman–Crippen MR) is 153 cm³/mol. The van der Waals surface area contributed by atoms with E-state index in [0.717, 1.165) is 22.5 Å². The number of anilines is 2. The number of benzene rings is 2. The van der Waals surface area contributed by atoms with Crippen LogP contribution >= 0.6 is 0 Å². The van der Waals surface area contributed by atoms with Crippen LogP contribution in [0, 0.1) is 20.8 Å². The molecule has 0 spiro atoms. The van der Waals surface area contributed by atoms with Crippen LogP contribution in [0.5, 0.6) is 5.75 Å². The standard InChI is InChI=1S/C31H33F3N4O5/c1-5-27(39)43-26-17-42-25-15-22(9-10-24(25)26)38(29(40)31(32,33)34)16-21-7-6-8-23(18(21)2)28-19(3)35-30(36-20(28)4)37-11-13-41-14-12-37/h6-10,15,26H,5,11-14,16-17H2,1-4H3/t26-/m1/s1. The molecule has 0 bridgehead atoms. The fraction of sp³-hybridized carbons (Fsp3) is 0.419. The van der Waals surface area contributed by atoms with Crippen molar-refractivity contribution in [3.63, 3.8) is 0 Å². The molecular weight excluding hydrogens is 565 g/mol. The first-order valence-electron chi connectivity index (χ1n) is 14.1. The molecule has 0 saturated carbocycles. The Morgan fingerprint density at radius 2 is 1.77 bits per heavy atom. The number of esters is 1. The van der Waals surface area contributed by atoms with Gasteiger partial charge in [-0.15, -0.1) is 0 Å². The Kier molecular flexibility index (Phi) is 8.59. The van der Waals surface area contributed by atoms with E-state index >= 15 is 0 Å². The molecule has 2 aliphatic heterocycles. The summed E-state index contributed by atoms with van der Waals surface area (Å²) in [7, 11) is 0. The van der Waals surface area contributed by atoms with Gasteiger partial charge in [-0.2, -0.15) is 13.2 Å². The number of nitrogens with zero attached hydrogens (tertiary/aromatic N) is 4. The third-order valence-electron chi connectivity index (χ3n) is 7.69. The highest BCUT2D eigenvalue weighted by molar-refractivity contribution is 5.97. The van der Waals surface area contributed by atoms with E-state index in [2.05, 4.69) is 4.90 Å². The molecular formula is C31H33F3N4O5. The van der Waals surface area contributed by atoms with Gasteiger partial charge >= 0.3 is 18.1 Å². The Balaban J connectivity index is 1.48. The lowest BCUT2D eigenvalue weighted by Gasteiger charge is -2.28. The Labute approximate surface area is 247 Å². The van der Waals surface area contributed by atoms with E-state index in [1.54, 1.807) is 19.1 Å². The third kappa shape index (κ3) is 6.29. The zero-order valence-electron chi connectivity index (χ0n) is 24.5. The third-order valence-corrected chi connectivity index (χ3v) is 7.69. The lowest BCUT2D eigenvalue weighted by Crippen LogP contribution is -2.41. The van der Waals surface area contributed by atoms with E-state index in [1.165, 1.54) is 18.2 Å². The minimum Gasteiger partial charge on any atom is -0.489 e. The van der Waals surface area contributed by atoms with Crippen LogP contribution in [0.25, 0.3) is 11.1 Å². The van der Waals surface area contributed by atoms with Crippen LogP contribution < -0.4 is 14.5 Å². The summed E-state index contributed by atoms with van der Waals surface area (Å²) >= 11 is 0. The number of morpholine rings is 1. The zero-order chi connectivity index (χ0) is 30.9. The number of alkyl halides is 3. The van der Waals surface area contributed by atoms with Crippen molar-refractivity contribution in [3.8, 4) is 16.9 Å². The van der Waals surface area contributed by atoms with Crippen LogP contribution in [0.1, 0.15) is 47.5 Å². The highest BCUT2D eigenvalue weighted by atomic mass is 19.4. The first-order chi connectivity index (χ1) is 20.5. The largest absolute Gasteiger partial charge is 0.489 e. The summed E-state index contributed by atoms with van der Waals surface area (Å²) in [6.07, 6.45) is -5.59. The number of rotatable bonds is 7. The Morgan fingerprint density at radius 1 is 1.07 bits per heavy atom. The molecule has 9 nitrogen and oxygen atoms in total. The predicted octanol–water partition coefficient (Wildman–Crippen LogP) is 5.39. The highest BCUT2D eigenvalue weighted by Crippen LogP contribution is 2.39. The molecule has 1 aromatic heterocycles. The zero-order valence-corrected chi connectivity index (χ0v) is 24.5. The number of carbonyl (C=O) groups is 2. The smallest absolute Gasteiger partial charge is 0.471 e. The second kappa shape index (κ2) is 12.2. The maximum absolute atomic E-state index is 13.8. The number of hydrogen-bond acceptors (Lipinski definition) is 8. The number of hydrogen-bond donors (Lipinski definition) is 0. The first kappa shape index (κ1) is 30.3. The summed E-state index contributed by atoms with van der Waals surface area (Å²) in [4.78, 5) is 36.7. The van der Waals surface area contributed by atoms with E-state index in [9.17, 15) is 22.8 Å². The fourth-order valence-corrected chi connectivity index (χ4v) is 5.40. The summed E-state index contributed by atoms with van der Waals surface area (Å²) < 4.78 is 57.9. The number of fused-ring (bicyclic) bond motifs is 1. The Morgan fingerprint density at radius 3 is 2.42 bits per heavy atom. The quantitative estimate of drug-likeness (QED) is 0.335. The van der Waals surface area contributed by atoms with E-state index < -0.39 is 24.2 Å². The van der Waals surface area contributed by atoms with Gasteiger partial charge in [0.2, 0.25) is 5.95 Å². The van der Waals surface area contributed by atoms with E-state index in [4.69, 9.17) is 24.2 Å². The van der Waals surface area contributed by atoms with E-state index in [0.29, 0.717) is 53.8 Å². The molecule has 228 valence electrons. The number of ether oxygens (including phenoxy) is 3. The van der Waals surface area contributed by atoms with Crippen LogP contribution in [0.2, 0.25) is 0 Å². The second-order valence-electron chi connectivity index (χ2n) is 10.5. The molecule has 5 rings (SSSR count). The fourth-order valence-electron chi connectivity index (χ4n) is 5.40. The maximum Gasteiger partial charge on any atom is 0.471 e. The Bertz CT molecular complexity index is 1520. The van der Waals surface area contributed by atoms with Gasteiger partial charge in [0.15, 0.2) is 6.10 Å². The number of aromatic nitrogens is 2. The van der Waals surface area contributed by atoms with Gasteiger partial charge in [0.25, 0.3) is 0 Å². The number of halogens is 3. The summed E-state index contributed by atoms with van der Waals surface area (Å²) in [6, 6.07) is 9.66. The van der Waals surface area contributed by atoms with Crippen molar-refractivity contribution in [3.05, 3.63) is 64.5 Å². The molecule has 3 heterocycles. The second-order valence-corrected chi connectivity index (χ2v) is 10.5. The molecule has 0 unspecified atom stereocenters. The van der Waals surface area contributed by atoms with Gasteiger partial charge in [-0.3, -0.25) is 9.59 Å². The SMILES string of the molecule is CCC(=O)O[C@@H]1COc2cc(N(Cc3cccc(-c4c(C)nc(N5CCOCC5)nc4C)c3C)C(=O)C(F)(F)F)ccc21. The topological polar surface area (TPSA) is 94.1 Å². The molecule has 0 N–H and O–H groups in total. The van der Waals surface area contributed by atoms with Gasteiger partial charge in [0, 0.05) is 42.4 Å². The van der Waals surface area contributed by atoms with E-state index in [-0.39, 0.29) is 31.0 Å². The minimum atomic E-state index is -5.11. The van der Waals surface area contributed by atoms with Crippen molar-refractivity contribution in [1.82, 2.24) is 9.97 Å². The number of carbonyl (C=O) groups excluding carboxylic acids is 2. The monoisotopic (exact) mass is 598 g/mol. The number of amides is 1. The molecule has 43 heavy (non-hydrogen) atoms. The highest BCUT2D eigenvalue weighted by Gasteiger charge is 2.43. The summed E-state index contributed by atoms with van der Waals surface area (Å²) in [5.74, 6) is -1.54. The van der Waals surface area contributed by atoms with Crippen LogP contribution in [0.3, 0.4) is 0 Å². The molecule has 12 heteroatoms. The van der Waals surface area contributed by atoms with Gasteiger partial charge < -0.3 is 24.0 Å². The maximum atomic E-state index is 13.8. The molecule has 0 radical (unpaired) electrons. The first-order valence-corrected chi connectivity index (χ1v) is 14.1. The number of aryl methyl sites for hydroxylation is 2. The molecule has 1 atom stereocenters. The van der Waals surface area contributed by atoms with Gasteiger partial charge in [-0.1, -0.05) is 25.1 Å². The molecule has 0 aliphatic carbocycles. The van der Waals surface area contributed by atoms with Crippen molar-refractivity contribution in [2.75, 3.05) is 42.7 Å². The molecule has 1 saturated heterocycles. The lowest BCUT2D eigenvalue weighted by molar-refractivity contribution is -0.170. The van der Waals surface area contributed by atoms with Crippen molar-refractivity contribution in [2.24, 2.45) is 0 Å². The average Bonchev–Trinajstić information content (AvgIpc) is 3.38. The summed E-state index contributed by atoms with van der Waals surface area (Å²) in [5.41, 5.74) is 4.84. The lowest BCUT2D eigenvalue weighted by atomic mass is 9.94. The molecule has 1 amide bonds. The van der Waals surface area contributed by atoms with Crippen LogP contribution in [-0.2, 0) is 25.6 Å². The van der Waals surface area contributed by atoms with Crippen LogP contribution in [0.15, 0.2) is 36.4 Å². The normalized spacial score (nSPS) is 16.4. The van der Waals surface area contributed by atoms with Crippen LogP contribution in [0.4, 0.5) is 24.8 Å². The van der Waals surface area contributed by atoms with Gasteiger partial charge in [-0.25, -0.2) is 9.97 Å². The van der Waals surface area contributed by atoms with Gasteiger partial charge in [-0.05, 0) is 49.6 Å². The van der Waals surface area contributed by atoms with Crippen LogP contribution in [-0.4, -0.2) is 60.9 Å². The van der Waals surface area contributed by atoms with Gasteiger partial charge in [0.1, 0.15) is 12.4 Å². The minimum absolute atomic E-state index is 0.0129. The Hall–Kier alpha value is -4.19. The summed E-state index contributed by atoms with van der Waals surface area (Å²) in [5, 5.41) is 0. The average molecular weight is 599 g/mol. The van der Waals surface area contributed by atoms with E-state index in [1.807, 2.05) is 26.8 Å². The molecule has 3 aromatic rings. The molecule has 2 aromatic carbocycles. The molecule has 1 fully saturated rings. The van der Waals surface area contributed by atoms with Crippen molar-refractivity contribution >= 4 is 23.5 Å². The van der Waals surface area contributed by atoms with Crippen molar-refractivity contribution < 1.29 is 37.0 Å². The summed E-state index contributed by atoms with van der Waals surface area (Å²) in [6.45, 7) is 9.53. The van der Waals surface area contributed by atoms with Crippen molar-refractivity contribution in [1.29, 1.82) is 0 Å². The van der Waals surface area contributed by atoms with Crippen molar-refractivity contribution in [2.45, 2.75) is 52.9 Å².